The molecule has 0 bridgehead atoms. The summed E-state index contributed by atoms with van der Waals surface area (Å²) in [6.45, 7) is 15.4. The van der Waals surface area contributed by atoms with Gasteiger partial charge in [-0.25, -0.2) is 9.59 Å². The van der Waals surface area contributed by atoms with Gasteiger partial charge >= 0.3 is 12.1 Å². The van der Waals surface area contributed by atoms with Gasteiger partial charge in [-0.2, -0.15) is 0 Å². The van der Waals surface area contributed by atoms with Crippen molar-refractivity contribution in [2.45, 2.75) is 84.9 Å². The van der Waals surface area contributed by atoms with E-state index in [-0.39, 0.29) is 30.6 Å². The fourth-order valence-electron chi connectivity index (χ4n) is 3.42. The molecule has 0 saturated heterocycles. The van der Waals surface area contributed by atoms with Gasteiger partial charge in [0.2, 0.25) is 0 Å². The molecule has 2 aromatic rings. The smallest absolute Gasteiger partial charge is 0.456 e. The summed E-state index contributed by atoms with van der Waals surface area (Å²) in [5.41, 5.74) is 1.13. The zero-order valence-corrected chi connectivity index (χ0v) is 22.7. The highest BCUT2D eigenvalue weighted by Gasteiger charge is 2.31. The largest absolute Gasteiger partial charge is 0.514 e. The predicted molar refractivity (Wildman–Crippen MR) is 141 cm³/mol. The number of rotatable bonds is 10. The highest BCUT2D eigenvalue weighted by molar-refractivity contribution is 5.97. The fourth-order valence-corrected chi connectivity index (χ4v) is 3.42. The van der Waals surface area contributed by atoms with Crippen LogP contribution in [0.4, 0.5) is 4.79 Å². The molecule has 1 aliphatic rings. The molecule has 3 rings (SSSR count). The van der Waals surface area contributed by atoms with Crippen LogP contribution in [0.3, 0.4) is 0 Å². The first-order valence-corrected chi connectivity index (χ1v) is 12.5. The molecule has 7 nitrogen and oxygen atoms in total. The SMILES string of the molecule is C=C(COCc1ccccc1)c1ccc(COC2CC2)c(C(=O)OC(C)(C)C)c1OC(=O)OC(C)(C)C. The van der Waals surface area contributed by atoms with Crippen LogP contribution < -0.4 is 4.74 Å². The minimum Gasteiger partial charge on any atom is -0.456 e. The first-order valence-electron chi connectivity index (χ1n) is 12.5. The molecule has 200 valence electrons. The average molecular weight is 511 g/mol. The lowest BCUT2D eigenvalue weighted by Crippen LogP contribution is -2.28. The highest BCUT2D eigenvalue weighted by atomic mass is 16.7. The Morgan fingerprint density at radius 1 is 0.892 bits per heavy atom. The van der Waals surface area contributed by atoms with Gasteiger partial charge < -0.3 is 23.7 Å². The van der Waals surface area contributed by atoms with Crippen LogP contribution in [0.5, 0.6) is 5.75 Å². The maximum absolute atomic E-state index is 13.4. The number of hydrogen-bond donors (Lipinski definition) is 0. The molecule has 0 amide bonds. The molecular formula is C30H38O7. The van der Waals surface area contributed by atoms with E-state index in [1.165, 1.54) is 0 Å². The zero-order chi connectivity index (χ0) is 27.2. The van der Waals surface area contributed by atoms with E-state index >= 15 is 0 Å². The van der Waals surface area contributed by atoms with E-state index < -0.39 is 23.3 Å². The van der Waals surface area contributed by atoms with E-state index in [1.54, 1.807) is 53.7 Å². The second kappa shape index (κ2) is 11.9. The Morgan fingerprint density at radius 2 is 1.54 bits per heavy atom. The number of carbonyl (C=O) groups is 2. The standard InChI is InChI=1S/C30H38O7/c1-20(17-33-18-21-11-9-8-10-12-21)24-16-13-22(19-34-23-14-15-23)25(27(31)36-29(2,3)4)26(24)35-28(32)37-30(5,6)7/h8-13,16,23H,1,14-15,17-19H2,2-7H3. The maximum atomic E-state index is 13.4. The molecule has 37 heavy (non-hydrogen) atoms. The summed E-state index contributed by atoms with van der Waals surface area (Å²) >= 11 is 0. The molecule has 1 saturated carbocycles. The quantitative estimate of drug-likeness (QED) is 0.255. The van der Waals surface area contributed by atoms with Gasteiger partial charge in [0.1, 0.15) is 16.8 Å². The first-order chi connectivity index (χ1) is 17.3. The number of esters is 1. The lowest BCUT2D eigenvalue weighted by Gasteiger charge is -2.24. The second-order valence-electron chi connectivity index (χ2n) is 11.1. The van der Waals surface area contributed by atoms with E-state index in [0.717, 1.165) is 18.4 Å². The highest BCUT2D eigenvalue weighted by Crippen LogP contribution is 2.36. The third-order valence-corrected chi connectivity index (χ3v) is 5.19. The van der Waals surface area contributed by atoms with E-state index in [1.807, 2.05) is 30.3 Å². The average Bonchev–Trinajstić information content (AvgIpc) is 3.60. The first kappa shape index (κ1) is 28.4. The van der Waals surface area contributed by atoms with Gasteiger partial charge in [-0.1, -0.05) is 49.0 Å². The van der Waals surface area contributed by atoms with Crippen molar-refractivity contribution in [3.8, 4) is 5.75 Å². The van der Waals surface area contributed by atoms with E-state index in [0.29, 0.717) is 23.3 Å². The summed E-state index contributed by atoms with van der Waals surface area (Å²) in [5, 5.41) is 0. The number of hydrogen-bond acceptors (Lipinski definition) is 7. The van der Waals surface area contributed by atoms with Gasteiger partial charge in [0.25, 0.3) is 0 Å². The molecule has 0 unspecified atom stereocenters. The molecule has 0 atom stereocenters. The molecule has 0 radical (unpaired) electrons. The third-order valence-electron chi connectivity index (χ3n) is 5.19. The number of carbonyl (C=O) groups excluding carboxylic acids is 2. The normalized spacial score (nSPS) is 13.7. The summed E-state index contributed by atoms with van der Waals surface area (Å²) in [7, 11) is 0. The van der Waals surface area contributed by atoms with Gasteiger partial charge in [0.05, 0.1) is 25.9 Å². The molecular weight excluding hydrogens is 472 g/mol. The summed E-state index contributed by atoms with van der Waals surface area (Å²) < 4.78 is 28.5. The Hall–Kier alpha value is -3.16. The molecule has 0 aliphatic heterocycles. The van der Waals surface area contributed by atoms with Crippen molar-refractivity contribution in [1.29, 1.82) is 0 Å². The summed E-state index contributed by atoms with van der Waals surface area (Å²) in [4.78, 5) is 26.2. The lowest BCUT2D eigenvalue weighted by atomic mass is 9.98. The van der Waals surface area contributed by atoms with Gasteiger partial charge in [-0.3, -0.25) is 0 Å². The molecule has 0 aromatic heterocycles. The Labute approximate surface area is 219 Å². The summed E-state index contributed by atoms with van der Waals surface area (Å²) in [6.07, 6.45) is 1.20. The Kier molecular flexibility index (Phi) is 9.16. The number of ether oxygens (including phenoxy) is 5. The van der Waals surface area contributed by atoms with Crippen molar-refractivity contribution in [3.05, 3.63) is 71.3 Å². The second-order valence-corrected chi connectivity index (χ2v) is 11.1. The molecule has 0 N–H and O–H groups in total. The van der Waals surface area contributed by atoms with Crippen molar-refractivity contribution in [3.63, 3.8) is 0 Å². The van der Waals surface area contributed by atoms with Crippen LogP contribution in [0.2, 0.25) is 0 Å². The Bertz CT molecular complexity index is 1100. The van der Waals surface area contributed by atoms with Crippen LogP contribution in [0, 0.1) is 0 Å². The van der Waals surface area contributed by atoms with E-state index in [4.69, 9.17) is 23.7 Å². The fraction of sp³-hybridized carbons (Fsp3) is 0.467. The third kappa shape index (κ3) is 9.34. The molecule has 1 aliphatic carbocycles. The predicted octanol–water partition coefficient (Wildman–Crippen LogP) is 6.86. The van der Waals surface area contributed by atoms with Crippen LogP contribution in [0.15, 0.2) is 49.0 Å². The molecule has 7 heteroatoms. The van der Waals surface area contributed by atoms with E-state index in [2.05, 4.69) is 6.58 Å². The Balaban J connectivity index is 1.96. The van der Waals surface area contributed by atoms with Crippen LogP contribution in [-0.4, -0.2) is 36.0 Å². The molecule has 0 spiro atoms. The monoisotopic (exact) mass is 510 g/mol. The lowest BCUT2D eigenvalue weighted by molar-refractivity contribution is 0.00545. The van der Waals surface area contributed by atoms with Crippen molar-refractivity contribution < 1.29 is 33.3 Å². The zero-order valence-electron chi connectivity index (χ0n) is 22.7. The minimum atomic E-state index is -0.933. The van der Waals surface area contributed by atoms with E-state index in [9.17, 15) is 9.59 Å². The van der Waals surface area contributed by atoms with Crippen molar-refractivity contribution >= 4 is 17.7 Å². The summed E-state index contributed by atoms with van der Waals surface area (Å²) in [5.74, 6) is -0.603. The van der Waals surface area contributed by atoms with Crippen molar-refractivity contribution in [1.82, 2.24) is 0 Å². The van der Waals surface area contributed by atoms with Crippen LogP contribution >= 0.6 is 0 Å². The minimum absolute atomic E-state index is 0.0220. The van der Waals surface area contributed by atoms with Gasteiger partial charge in [-0.15, -0.1) is 0 Å². The topological polar surface area (TPSA) is 80.3 Å². The number of benzene rings is 2. The van der Waals surface area contributed by atoms with Crippen LogP contribution in [-0.2, 0) is 32.2 Å². The molecule has 1 fully saturated rings. The Morgan fingerprint density at radius 3 is 2.14 bits per heavy atom. The van der Waals surface area contributed by atoms with Crippen LogP contribution in [0.25, 0.3) is 5.57 Å². The van der Waals surface area contributed by atoms with Gasteiger partial charge in [0, 0.05) is 5.56 Å². The molecule has 0 heterocycles. The van der Waals surface area contributed by atoms with Crippen molar-refractivity contribution in [2.24, 2.45) is 0 Å². The van der Waals surface area contributed by atoms with Crippen LogP contribution in [0.1, 0.15) is 81.4 Å². The summed E-state index contributed by atoms with van der Waals surface area (Å²) in [6, 6.07) is 13.3. The van der Waals surface area contributed by atoms with Crippen molar-refractivity contribution in [2.75, 3.05) is 6.61 Å². The maximum Gasteiger partial charge on any atom is 0.514 e. The van der Waals surface area contributed by atoms with Gasteiger partial charge in [-0.05, 0) is 71.1 Å². The molecule has 2 aromatic carbocycles. The van der Waals surface area contributed by atoms with Gasteiger partial charge in [0.15, 0.2) is 5.75 Å².